The average molecular weight is 908 g/mol. The largest absolute Gasteiger partial charge is 0.506 e. The highest BCUT2D eigenvalue weighted by molar-refractivity contribution is 5.95. The van der Waals surface area contributed by atoms with Crippen LogP contribution in [-0.4, -0.2) is 87.9 Å². The molecule has 0 radical (unpaired) electrons. The maximum Gasteiger partial charge on any atom is 0.347 e. The Morgan fingerprint density at radius 1 is 0.836 bits per heavy atom. The quantitative estimate of drug-likeness (QED) is 0.0536. The lowest BCUT2D eigenvalue weighted by molar-refractivity contribution is -0.164. The Kier molecular flexibility index (Phi) is 14.8. The molecule has 2 fully saturated rings. The van der Waals surface area contributed by atoms with Crippen molar-refractivity contribution in [1.29, 1.82) is 0 Å². The van der Waals surface area contributed by atoms with Crippen LogP contribution in [0, 0.1) is 12.8 Å². The molecule has 14 heteroatoms. The Morgan fingerprint density at radius 2 is 1.55 bits per heavy atom. The number of aliphatic hydroxyl groups excluding tert-OH is 1. The van der Waals surface area contributed by atoms with E-state index in [0.29, 0.717) is 47.2 Å². The van der Waals surface area contributed by atoms with Crippen LogP contribution in [0.4, 0.5) is 0 Å². The first kappa shape index (κ1) is 46.7. The summed E-state index contributed by atoms with van der Waals surface area (Å²) in [5.41, 5.74) is 2.64. The third kappa shape index (κ3) is 11.4. The van der Waals surface area contributed by atoms with Gasteiger partial charge in [-0.3, -0.25) is 19.3 Å². The second kappa shape index (κ2) is 21.2. The number of rotatable bonds is 18. The van der Waals surface area contributed by atoms with E-state index < -0.39 is 17.7 Å². The number of benzene rings is 5. The minimum atomic E-state index is -2.11. The topological polar surface area (TPSA) is 203 Å². The van der Waals surface area contributed by atoms with Crippen molar-refractivity contribution in [3.05, 3.63) is 177 Å². The predicted octanol–water partition coefficient (Wildman–Crippen LogP) is 5.51. The molecule has 1 aliphatic heterocycles. The van der Waals surface area contributed by atoms with Gasteiger partial charge in [0.1, 0.15) is 11.5 Å². The molecule has 2 unspecified atom stereocenters. The van der Waals surface area contributed by atoms with E-state index >= 15 is 0 Å². The van der Waals surface area contributed by atoms with Crippen LogP contribution in [0.2, 0.25) is 0 Å². The molecule has 0 spiro atoms. The number of aromatic nitrogens is 1. The van der Waals surface area contributed by atoms with Crippen molar-refractivity contribution < 1.29 is 39.2 Å². The number of likely N-dealkylation sites (tertiary alicyclic amines) is 1. The van der Waals surface area contributed by atoms with Gasteiger partial charge in [-0.1, -0.05) is 84.9 Å². The van der Waals surface area contributed by atoms with Crippen molar-refractivity contribution in [3.8, 4) is 11.5 Å². The molecular formula is C53H57N5O9. The van der Waals surface area contributed by atoms with E-state index in [9.17, 15) is 34.5 Å². The molecular weight excluding hydrogens is 851 g/mol. The van der Waals surface area contributed by atoms with Crippen molar-refractivity contribution in [2.24, 2.45) is 5.92 Å². The first-order valence-corrected chi connectivity index (χ1v) is 22.8. The summed E-state index contributed by atoms with van der Waals surface area (Å²) in [5.74, 6) is -0.924. The molecule has 1 aromatic heterocycles. The van der Waals surface area contributed by atoms with E-state index in [0.717, 1.165) is 43.6 Å². The molecule has 1 saturated heterocycles. The fourth-order valence-corrected chi connectivity index (χ4v) is 8.92. The minimum absolute atomic E-state index is 0.0730. The van der Waals surface area contributed by atoms with Crippen LogP contribution in [-0.2, 0) is 33.0 Å². The second-order valence-electron chi connectivity index (χ2n) is 17.7. The number of phenols is 1. The Labute approximate surface area is 389 Å². The lowest BCUT2D eigenvalue weighted by Crippen LogP contribution is -2.54. The van der Waals surface area contributed by atoms with E-state index in [1.807, 2.05) is 43.3 Å². The number of ether oxygens (including phenoxy) is 2. The van der Waals surface area contributed by atoms with Gasteiger partial charge in [-0.15, -0.1) is 0 Å². The van der Waals surface area contributed by atoms with E-state index in [4.69, 9.17) is 9.47 Å². The van der Waals surface area contributed by atoms with Gasteiger partial charge >= 0.3 is 5.97 Å². The van der Waals surface area contributed by atoms with Crippen molar-refractivity contribution in [2.45, 2.75) is 69.5 Å². The number of esters is 1. The van der Waals surface area contributed by atoms with Crippen molar-refractivity contribution in [3.63, 3.8) is 0 Å². The highest BCUT2D eigenvalue weighted by Gasteiger charge is 2.42. The number of aromatic hydroxyl groups is 1. The summed E-state index contributed by atoms with van der Waals surface area (Å²) in [7, 11) is 0. The number of pyridine rings is 1. The van der Waals surface area contributed by atoms with Crippen molar-refractivity contribution >= 4 is 28.7 Å². The van der Waals surface area contributed by atoms with Crippen LogP contribution in [0.5, 0.6) is 11.5 Å². The van der Waals surface area contributed by atoms with Crippen molar-refractivity contribution in [2.75, 3.05) is 32.8 Å². The summed E-state index contributed by atoms with van der Waals surface area (Å²) in [4.78, 5) is 56.7. The first-order valence-electron chi connectivity index (χ1n) is 22.8. The normalized spacial score (nSPS) is 17.7. The predicted molar refractivity (Wildman–Crippen MR) is 253 cm³/mol. The van der Waals surface area contributed by atoms with Gasteiger partial charge < -0.3 is 45.7 Å². The number of carbonyl (C=O) groups excluding carboxylic acids is 3. The highest BCUT2D eigenvalue weighted by atomic mass is 16.5. The van der Waals surface area contributed by atoms with Crippen LogP contribution < -0.4 is 26.2 Å². The number of fused-ring (bicyclic) bond motifs is 1. The number of H-pyrrole nitrogens is 1. The minimum Gasteiger partial charge on any atom is -0.506 e. The number of nitrogens with zero attached hydrogens (tertiary/aromatic N) is 1. The number of nitrogens with one attached hydrogen (secondary N) is 4. The van der Waals surface area contributed by atoms with E-state index in [1.54, 1.807) is 66.7 Å². The summed E-state index contributed by atoms with van der Waals surface area (Å²) in [6, 6.07) is 36.7. The summed E-state index contributed by atoms with van der Waals surface area (Å²) in [5, 5.41) is 43.0. The summed E-state index contributed by atoms with van der Waals surface area (Å²) >= 11 is 0. The van der Waals surface area contributed by atoms with Crippen LogP contribution in [0.1, 0.15) is 75.5 Å². The van der Waals surface area contributed by atoms with E-state index in [-0.39, 0.29) is 72.0 Å². The molecule has 2 atom stereocenters. The Bertz CT molecular complexity index is 2740. The SMILES string of the molecule is Cc1cc(C(=O)NC2CC(NC(=O)COc3cccc(C(O)(C(=O)OCC4CCN(Cc5ccccc5)CC4)c4ccccc4)c3)C2)ccc1CNCC(O)c1ccc(O)c2[nH]c(=O)ccc12. The van der Waals surface area contributed by atoms with Gasteiger partial charge in [0, 0.05) is 54.3 Å². The van der Waals surface area contributed by atoms with E-state index in [1.165, 1.54) is 17.7 Å². The number of aliphatic hydroxyl groups is 2. The molecule has 8 rings (SSSR count). The molecule has 1 aliphatic carbocycles. The fraction of sp³-hybridized carbons (Fsp3) is 0.321. The lowest BCUT2D eigenvalue weighted by atomic mass is 9.86. The maximum absolute atomic E-state index is 13.9. The molecule has 67 heavy (non-hydrogen) atoms. The summed E-state index contributed by atoms with van der Waals surface area (Å²) in [6.07, 6.45) is 1.97. The summed E-state index contributed by atoms with van der Waals surface area (Å²) < 4.78 is 11.7. The van der Waals surface area contributed by atoms with Gasteiger partial charge in [0.15, 0.2) is 6.61 Å². The highest BCUT2D eigenvalue weighted by Crippen LogP contribution is 2.34. The molecule has 1 saturated carbocycles. The number of hydrogen-bond donors (Lipinski definition) is 7. The maximum atomic E-state index is 13.9. The monoisotopic (exact) mass is 907 g/mol. The van der Waals surface area contributed by atoms with Crippen LogP contribution >= 0.6 is 0 Å². The van der Waals surface area contributed by atoms with Crippen LogP contribution in [0.15, 0.2) is 132 Å². The zero-order chi connectivity index (χ0) is 46.9. The number of aryl methyl sites for hydroxylation is 1. The molecule has 2 aliphatic rings. The first-order chi connectivity index (χ1) is 32.4. The van der Waals surface area contributed by atoms with Gasteiger partial charge in [0.2, 0.25) is 11.2 Å². The van der Waals surface area contributed by atoms with Gasteiger partial charge in [-0.25, -0.2) is 4.79 Å². The van der Waals surface area contributed by atoms with Gasteiger partial charge in [0.25, 0.3) is 11.8 Å². The zero-order valence-electron chi connectivity index (χ0n) is 37.5. The van der Waals surface area contributed by atoms with E-state index in [2.05, 4.69) is 38.0 Å². The third-order valence-corrected chi connectivity index (χ3v) is 12.9. The van der Waals surface area contributed by atoms with Gasteiger partial charge in [-0.2, -0.15) is 0 Å². The second-order valence-corrected chi connectivity index (χ2v) is 17.7. The number of phenolic OH excluding ortho intramolecular Hbond substituents is 1. The molecule has 6 aromatic rings. The number of amides is 2. The molecule has 2 amide bonds. The Hall–Kier alpha value is -6.84. The Balaban J connectivity index is 0.773. The summed E-state index contributed by atoms with van der Waals surface area (Å²) in [6.45, 7) is 5.16. The molecule has 5 aromatic carbocycles. The van der Waals surface area contributed by atoms with Crippen molar-refractivity contribution in [1.82, 2.24) is 25.8 Å². The number of carbonyl (C=O) groups is 3. The smallest absolute Gasteiger partial charge is 0.347 e. The number of hydrogen-bond acceptors (Lipinski definition) is 11. The molecule has 7 N–H and O–H groups in total. The average Bonchev–Trinajstić information content (AvgIpc) is 3.33. The Morgan fingerprint density at radius 3 is 2.30 bits per heavy atom. The van der Waals surface area contributed by atoms with Gasteiger partial charge in [0.05, 0.1) is 18.2 Å². The molecule has 14 nitrogen and oxygen atoms in total. The van der Waals surface area contributed by atoms with Crippen LogP contribution in [0.3, 0.4) is 0 Å². The molecule has 348 valence electrons. The molecule has 2 heterocycles. The standard InChI is InChI=1S/C53H57N5O9/c1-34-25-37(15-16-38(34)29-54-30-47(60)44-17-19-46(59)50-45(44)18-20-48(61)57-50)51(63)56-42-27-41(28-42)55-49(62)33-66-43-14-8-13-40(26-43)53(65,39-11-6-3-7-12-39)52(64)67-32-36-21-23-58(24-22-36)31-35-9-4-2-5-10-35/h2-20,25-26,36,41-42,47,54,59-60,65H,21-24,27-33H2,1H3,(H,55,62)(H,56,63)(H,57,61). The molecule has 0 bridgehead atoms. The fourth-order valence-electron chi connectivity index (χ4n) is 8.92. The van der Waals surface area contributed by atoms with Crippen LogP contribution in [0.25, 0.3) is 10.9 Å². The number of piperidine rings is 1. The van der Waals surface area contributed by atoms with Gasteiger partial charge in [-0.05, 0) is 116 Å². The lowest BCUT2D eigenvalue weighted by Gasteiger charge is -2.36. The number of aromatic amines is 1. The third-order valence-electron chi connectivity index (χ3n) is 12.9. The zero-order valence-corrected chi connectivity index (χ0v) is 37.5.